The molecule has 0 saturated carbocycles. The highest BCUT2D eigenvalue weighted by atomic mass is 19.2. The van der Waals surface area contributed by atoms with Gasteiger partial charge in [-0.25, -0.2) is 23.2 Å². The molecule has 0 radical (unpaired) electrons. The van der Waals surface area contributed by atoms with Crippen molar-refractivity contribution >= 4 is 23.7 Å². The minimum absolute atomic E-state index is 0.284. The van der Waals surface area contributed by atoms with Gasteiger partial charge in [-0.1, -0.05) is 12.7 Å². The van der Waals surface area contributed by atoms with Crippen LogP contribution < -0.4 is 5.32 Å². The Morgan fingerprint density at radius 1 is 1.05 bits per heavy atom. The fourth-order valence-electron chi connectivity index (χ4n) is 3.48. The summed E-state index contributed by atoms with van der Waals surface area (Å²) in [5.74, 6) is -2.66. The number of halogens is 2. The molecule has 0 spiro atoms. The fraction of sp³-hybridized carbons (Fsp3) is 0.519. The number of hydrogen-bond donors (Lipinski definition) is 1. The first kappa shape index (κ1) is 31.6. The molecule has 1 fully saturated rings. The van der Waals surface area contributed by atoms with E-state index in [0.717, 1.165) is 18.2 Å². The molecule has 37 heavy (non-hydrogen) atoms. The van der Waals surface area contributed by atoms with Gasteiger partial charge in [0.25, 0.3) is 0 Å². The highest BCUT2D eigenvalue weighted by molar-refractivity contribution is 5.82. The number of amides is 1. The molecule has 206 valence electrons. The number of benzene rings is 1. The molecule has 1 amide bonds. The fourth-order valence-corrected chi connectivity index (χ4v) is 3.48. The topological polar surface area (TPSA) is 94.2 Å². The Morgan fingerprint density at radius 2 is 1.65 bits per heavy atom. The van der Waals surface area contributed by atoms with Gasteiger partial charge in [-0.05, 0) is 66.0 Å². The van der Waals surface area contributed by atoms with Crippen LogP contribution in [0.25, 0.3) is 0 Å². The first-order valence-electron chi connectivity index (χ1n) is 12.2. The summed E-state index contributed by atoms with van der Waals surface area (Å²) in [7, 11) is 0. The van der Waals surface area contributed by atoms with Gasteiger partial charge < -0.3 is 24.4 Å². The van der Waals surface area contributed by atoms with E-state index >= 15 is 0 Å². The van der Waals surface area contributed by atoms with E-state index in [-0.39, 0.29) is 18.7 Å². The van der Waals surface area contributed by atoms with Crippen LogP contribution in [0.2, 0.25) is 0 Å². The molecular formula is C27H38F2N2O6. The zero-order chi connectivity index (χ0) is 28.1. The van der Waals surface area contributed by atoms with Crippen molar-refractivity contribution in [1.82, 2.24) is 4.90 Å². The molecule has 0 unspecified atom stereocenters. The Morgan fingerprint density at radius 3 is 2.14 bits per heavy atom. The molecule has 1 aromatic carbocycles. The maximum absolute atomic E-state index is 13.7. The summed E-state index contributed by atoms with van der Waals surface area (Å²) in [6.45, 7) is 13.7. The number of nitrogens with zero attached hydrogens (tertiary/aromatic N) is 1. The van der Waals surface area contributed by atoms with Crippen LogP contribution in [-0.2, 0) is 23.8 Å². The SMILES string of the molecule is C=CC(=O)OCC.CCOC(=O)/C=C/CC1(Nc2ccc(F)c(F)c2)CCN(C(=O)OC(C)(C)C)CC1. The zero-order valence-corrected chi connectivity index (χ0v) is 22.3. The highest BCUT2D eigenvalue weighted by Crippen LogP contribution is 2.32. The van der Waals surface area contributed by atoms with Gasteiger partial charge in [0.1, 0.15) is 5.60 Å². The van der Waals surface area contributed by atoms with E-state index in [4.69, 9.17) is 9.47 Å². The summed E-state index contributed by atoms with van der Waals surface area (Å²) in [5, 5.41) is 3.29. The smallest absolute Gasteiger partial charge is 0.410 e. The number of nitrogens with one attached hydrogen (secondary N) is 1. The summed E-state index contributed by atoms with van der Waals surface area (Å²) in [6, 6.07) is 3.64. The summed E-state index contributed by atoms with van der Waals surface area (Å²) < 4.78 is 41.7. The lowest BCUT2D eigenvalue weighted by molar-refractivity contribution is -0.138. The van der Waals surface area contributed by atoms with Crippen molar-refractivity contribution in [3.63, 3.8) is 0 Å². The Hall–Kier alpha value is -3.43. The van der Waals surface area contributed by atoms with E-state index in [0.29, 0.717) is 44.6 Å². The lowest BCUT2D eigenvalue weighted by atomic mass is 9.84. The molecule has 1 saturated heterocycles. The van der Waals surface area contributed by atoms with Gasteiger partial charge in [0.05, 0.1) is 13.2 Å². The molecule has 1 aromatic rings. The van der Waals surface area contributed by atoms with Gasteiger partial charge in [-0.15, -0.1) is 0 Å². The molecule has 8 nitrogen and oxygen atoms in total. The number of anilines is 1. The van der Waals surface area contributed by atoms with Crippen LogP contribution in [0.4, 0.5) is 19.3 Å². The number of ether oxygens (including phenoxy) is 3. The number of hydrogen-bond acceptors (Lipinski definition) is 7. The van der Waals surface area contributed by atoms with Gasteiger partial charge in [0, 0.05) is 42.5 Å². The second-order valence-electron chi connectivity index (χ2n) is 9.32. The molecule has 0 bridgehead atoms. The molecule has 10 heteroatoms. The van der Waals surface area contributed by atoms with Crippen molar-refractivity contribution in [3.05, 3.63) is 54.6 Å². The van der Waals surface area contributed by atoms with Crippen LogP contribution in [0.1, 0.15) is 53.9 Å². The van der Waals surface area contributed by atoms with Gasteiger partial charge in [-0.3, -0.25) is 0 Å². The summed E-state index contributed by atoms with van der Waals surface area (Å²) >= 11 is 0. The third kappa shape index (κ3) is 11.9. The predicted octanol–water partition coefficient (Wildman–Crippen LogP) is 5.39. The maximum atomic E-state index is 13.7. The van der Waals surface area contributed by atoms with Crippen molar-refractivity contribution in [3.8, 4) is 0 Å². The molecule has 0 atom stereocenters. The molecule has 1 N–H and O–H groups in total. The van der Waals surface area contributed by atoms with E-state index in [9.17, 15) is 23.2 Å². The van der Waals surface area contributed by atoms with Crippen molar-refractivity contribution in [2.75, 3.05) is 31.6 Å². The minimum Gasteiger partial charge on any atom is -0.463 e. The van der Waals surface area contributed by atoms with E-state index in [1.165, 1.54) is 12.1 Å². The molecule has 1 heterocycles. The standard InChI is InChI=1S/C22H30F2N2O4.C5H8O2/c1-5-29-19(27)7-6-10-22(25-16-8-9-17(23)18(24)15-16)11-13-26(14-12-22)20(28)30-21(2,3)4;1-3-5(6)7-4-2/h6-9,15,25H,5,10-14H2,1-4H3;3H,1,4H2,2H3/b7-6+;. The highest BCUT2D eigenvalue weighted by Gasteiger charge is 2.36. The number of likely N-dealkylation sites (tertiary alicyclic amines) is 1. The summed E-state index contributed by atoms with van der Waals surface area (Å²) in [6.07, 6.45) is 5.35. The number of carbonyl (C=O) groups excluding carboxylic acids is 3. The van der Waals surface area contributed by atoms with Crippen molar-refractivity contribution in [2.45, 2.75) is 65.0 Å². The number of esters is 2. The molecule has 1 aliphatic heterocycles. The van der Waals surface area contributed by atoms with Crippen molar-refractivity contribution in [1.29, 1.82) is 0 Å². The molecule has 1 aliphatic rings. The van der Waals surface area contributed by atoms with Gasteiger partial charge >= 0.3 is 18.0 Å². The van der Waals surface area contributed by atoms with Crippen LogP contribution >= 0.6 is 0 Å². The Kier molecular flexibility index (Phi) is 12.8. The average molecular weight is 525 g/mol. The summed E-state index contributed by atoms with van der Waals surface area (Å²) in [4.78, 5) is 35.7. The second-order valence-corrected chi connectivity index (χ2v) is 9.32. The third-order valence-electron chi connectivity index (χ3n) is 5.20. The van der Waals surface area contributed by atoms with Gasteiger partial charge in [0.15, 0.2) is 11.6 Å². The molecule has 0 aromatic heterocycles. The Balaban J connectivity index is 0.000000856. The molecule has 2 rings (SSSR count). The van der Waals surface area contributed by atoms with E-state index in [1.807, 2.05) is 20.8 Å². The lowest BCUT2D eigenvalue weighted by Gasteiger charge is -2.42. The van der Waals surface area contributed by atoms with E-state index in [1.54, 1.807) is 24.8 Å². The van der Waals surface area contributed by atoms with E-state index < -0.39 is 28.7 Å². The quantitative estimate of drug-likeness (QED) is 0.277. The monoisotopic (exact) mass is 524 g/mol. The van der Waals surface area contributed by atoms with E-state index in [2.05, 4.69) is 16.6 Å². The average Bonchev–Trinajstić information content (AvgIpc) is 2.81. The van der Waals surface area contributed by atoms with Crippen molar-refractivity contribution < 1.29 is 37.4 Å². The normalized spacial score (nSPS) is 14.7. The third-order valence-corrected chi connectivity index (χ3v) is 5.20. The number of carbonyl (C=O) groups is 3. The predicted molar refractivity (Wildman–Crippen MR) is 137 cm³/mol. The van der Waals surface area contributed by atoms with Crippen molar-refractivity contribution in [2.24, 2.45) is 0 Å². The Bertz CT molecular complexity index is 951. The van der Waals surface area contributed by atoms with Crippen LogP contribution in [0, 0.1) is 11.6 Å². The van der Waals surface area contributed by atoms with Crippen LogP contribution in [-0.4, -0.2) is 60.4 Å². The van der Waals surface area contributed by atoms with Crippen LogP contribution in [0.5, 0.6) is 0 Å². The van der Waals surface area contributed by atoms with Crippen LogP contribution in [0.15, 0.2) is 43.0 Å². The lowest BCUT2D eigenvalue weighted by Crippen LogP contribution is -2.51. The summed E-state index contributed by atoms with van der Waals surface area (Å²) in [5.41, 5.74) is -0.687. The number of piperidine rings is 1. The zero-order valence-electron chi connectivity index (χ0n) is 22.3. The maximum Gasteiger partial charge on any atom is 0.410 e. The largest absolute Gasteiger partial charge is 0.463 e. The van der Waals surface area contributed by atoms with Gasteiger partial charge in [0.2, 0.25) is 0 Å². The molecular weight excluding hydrogens is 486 g/mol. The van der Waals surface area contributed by atoms with Crippen LogP contribution in [0.3, 0.4) is 0 Å². The first-order valence-corrected chi connectivity index (χ1v) is 12.2. The minimum atomic E-state index is -0.941. The van der Waals surface area contributed by atoms with Gasteiger partial charge in [-0.2, -0.15) is 0 Å². The molecule has 0 aliphatic carbocycles. The Labute approximate surface area is 217 Å². The second kappa shape index (κ2) is 15.0. The number of rotatable bonds is 8. The first-order chi connectivity index (χ1) is 17.3.